The van der Waals surface area contributed by atoms with Gasteiger partial charge in [0.1, 0.15) is 0 Å². The number of pyridine rings is 1. The first-order chi connectivity index (χ1) is 19.9. The maximum absolute atomic E-state index is 11.5. The zero-order valence-corrected chi connectivity index (χ0v) is 24.8. The average molecular weight is 550 g/mol. The van der Waals surface area contributed by atoms with Crippen LogP contribution in [0, 0.1) is 0 Å². The van der Waals surface area contributed by atoms with Crippen molar-refractivity contribution in [3.05, 3.63) is 120 Å². The average Bonchev–Trinajstić information content (AvgIpc) is 2.97. The maximum Gasteiger partial charge on any atom is 0.317 e. The van der Waals surface area contributed by atoms with Gasteiger partial charge in [0.2, 0.25) is 0 Å². The van der Waals surface area contributed by atoms with Gasteiger partial charge in [-0.3, -0.25) is 14.7 Å². The van der Waals surface area contributed by atoms with Gasteiger partial charge in [-0.2, -0.15) is 0 Å². The lowest BCUT2D eigenvalue weighted by atomic mass is 9.94. The molecule has 0 aliphatic carbocycles. The van der Waals surface area contributed by atoms with Crippen molar-refractivity contribution < 1.29 is 9.90 Å². The minimum Gasteiger partial charge on any atom is -0.480 e. The summed E-state index contributed by atoms with van der Waals surface area (Å²) in [6, 6.07) is 32.5. The lowest BCUT2D eigenvalue weighted by Crippen LogP contribution is -2.30. The fourth-order valence-corrected chi connectivity index (χ4v) is 5.46. The third-order valence-corrected chi connectivity index (χ3v) is 7.75. The molecular weight excluding hydrogens is 506 g/mol. The number of aliphatic carboxylic acids is 1. The highest BCUT2D eigenvalue weighted by Gasteiger charge is 2.15. The quantitative estimate of drug-likeness (QED) is 0.172. The van der Waals surface area contributed by atoms with Crippen LogP contribution in [0.3, 0.4) is 0 Å². The molecule has 0 saturated heterocycles. The molecule has 0 atom stereocenters. The van der Waals surface area contributed by atoms with Crippen molar-refractivity contribution in [1.82, 2.24) is 9.88 Å². The van der Waals surface area contributed by atoms with Gasteiger partial charge in [0.15, 0.2) is 0 Å². The van der Waals surface area contributed by atoms with E-state index >= 15 is 0 Å². The van der Waals surface area contributed by atoms with Crippen molar-refractivity contribution in [3.63, 3.8) is 0 Å². The monoisotopic (exact) mass is 549 g/mol. The fourth-order valence-electron chi connectivity index (χ4n) is 5.46. The zero-order chi connectivity index (χ0) is 29.2. The van der Waals surface area contributed by atoms with Crippen LogP contribution in [0.1, 0.15) is 68.8 Å². The standard InChI is InChI=1S/C36H43N3O2/c1-5-30(6-2)31-17-19-35(20-18-31)39(27(3)4)24-29-10-9-11-33(22-29)32-15-13-28(14-16-32)23-38(26-36(40)41)25-34-12-7-8-21-37-34/h7-22,27,30H,5-6,23-26H2,1-4H3,(H,40,41). The summed E-state index contributed by atoms with van der Waals surface area (Å²) in [5.74, 6) is -0.215. The summed E-state index contributed by atoms with van der Waals surface area (Å²) in [5, 5.41) is 9.42. The largest absolute Gasteiger partial charge is 0.480 e. The van der Waals surface area contributed by atoms with Gasteiger partial charge >= 0.3 is 5.97 Å². The van der Waals surface area contributed by atoms with E-state index in [4.69, 9.17) is 0 Å². The molecule has 0 unspecified atom stereocenters. The molecule has 3 aromatic carbocycles. The number of carboxylic acids is 1. The number of hydrogen-bond donors (Lipinski definition) is 1. The number of aromatic nitrogens is 1. The van der Waals surface area contributed by atoms with E-state index in [9.17, 15) is 9.90 Å². The molecule has 0 fully saturated rings. The van der Waals surface area contributed by atoms with Gasteiger partial charge in [-0.1, -0.05) is 74.5 Å². The van der Waals surface area contributed by atoms with E-state index < -0.39 is 5.97 Å². The number of carboxylic acid groups (broad SMARTS) is 1. The van der Waals surface area contributed by atoms with Crippen LogP contribution >= 0.6 is 0 Å². The van der Waals surface area contributed by atoms with Crippen LogP contribution in [0.4, 0.5) is 5.69 Å². The van der Waals surface area contributed by atoms with E-state index in [1.165, 1.54) is 35.2 Å². The van der Waals surface area contributed by atoms with Crippen LogP contribution in [0.5, 0.6) is 0 Å². The molecule has 0 bridgehead atoms. The summed E-state index contributed by atoms with van der Waals surface area (Å²) >= 11 is 0. The molecule has 4 aromatic rings. The van der Waals surface area contributed by atoms with E-state index in [0.29, 0.717) is 25.0 Å². The Hall–Kier alpha value is -3.96. The molecule has 1 N–H and O–H groups in total. The summed E-state index contributed by atoms with van der Waals surface area (Å²) in [4.78, 5) is 20.2. The van der Waals surface area contributed by atoms with Crippen LogP contribution in [0.2, 0.25) is 0 Å². The minimum absolute atomic E-state index is 0.0345. The van der Waals surface area contributed by atoms with Crippen molar-refractivity contribution in [1.29, 1.82) is 0 Å². The van der Waals surface area contributed by atoms with Gasteiger partial charge in [-0.25, -0.2) is 0 Å². The highest BCUT2D eigenvalue weighted by Crippen LogP contribution is 2.28. The number of benzene rings is 3. The second-order valence-electron chi connectivity index (χ2n) is 11.1. The first kappa shape index (κ1) is 30.0. The molecule has 0 aliphatic rings. The second-order valence-corrected chi connectivity index (χ2v) is 11.1. The van der Waals surface area contributed by atoms with Crippen molar-refractivity contribution in [2.75, 3.05) is 11.4 Å². The van der Waals surface area contributed by atoms with E-state index in [-0.39, 0.29) is 6.54 Å². The zero-order valence-electron chi connectivity index (χ0n) is 24.8. The normalized spacial score (nSPS) is 11.4. The van der Waals surface area contributed by atoms with Gasteiger partial charge in [0.05, 0.1) is 12.2 Å². The topological polar surface area (TPSA) is 56.7 Å². The molecule has 214 valence electrons. The molecule has 0 radical (unpaired) electrons. The molecule has 1 heterocycles. The van der Waals surface area contributed by atoms with E-state index in [0.717, 1.165) is 23.4 Å². The number of nitrogens with zero attached hydrogens (tertiary/aromatic N) is 3. The molecule has 5 nitrogen and oxygen atoms in total. The SMILES string of the molecule is CCC(CC)c1ccc(N(Cc2cccc(-c3ccc(CN(CC(=O)O)Cc4ccccn4)cc3)c2)C(C)C)cc1. The first-order valence-corrected chi connectivity index (χ1v) is 14.7. The molecule has 41 heavy (non-hydrogen) atoms. The maximum atomic E-state index is 11.5. The lowest BCUT2D eigenvalue weighted by molar-refractivity contribution is -0.138. The lowest BCUT2D eigenvalue weighted by Gasteiger charge is -2.30. The summed E-state index contributed by atoms with van der Waals surface area (Å²) in [5.41, 5.74) is 8.21. The Bertz CT molecular complexity index is 1360. The number of carbonyl (C=O) groups is 1. The predicted molar refractivity (Wildman–Crippen MR) is 169 cm³/mol. The Balaban J connectivity index is 1.46. The molecule has 0 aliphatic heterocycles. The molecule has 0 saturated carbocycles. The van der Waals surface area contributed by atoms with Gasteiger partial charge < -0.3 is 10.0 Å². The Morgan fingerprint density at radius 2 is 1.51 bits per heavy atom. The summed E-state index contributed by atoms with van der Waals surface area (Å²) in [7, 11) is 0. The molecular formula is C36H43N3O2. The number of anilines is 1. The van der Waals surface area contributed by atoms with Crippen LogP contribution in [-0.4, -0.2) is 33.5 Å². The van der Waals surface area contributed by atoms with Gasteiger partial charge in [0, 0.05) is 37.6 Å². The van der Waals surface area contributed by atoms with Crippen LogP contribution < -0.4 is 4.90 Å². The number of rotatable bonds is 14. The van der Waals surface area contributed by atoms with Crippen molar-refractivity contribution in [2.24, 2.45) is 0 Å². The molecule has 0 spiro atoms. The summed E-state index contributed by atoms with van der Waals surface area (Å²) < 4.78 is 0. The smallest absolute Gasteiger partial charge is 0.317 e. The molecule has 4 rings (SSSR count). The Morgan fingerprint density at radius 1 is 0.780 bits per heavy atom. The van der Waals surface area contributed by atoms with Crippen LogP contribution in [-0.2, 0) is 24.4 Å². The first-order valence-electron chi connectivity index (χ1n) is 14.7. The van der Waals surface area contributed by atoms with Gasteiger partial charge in [-0.15, -0.1) is 0 Å². The van der Waals surface area contributed by atoms with Crippen molar-refractivity contribution >= 4 is 11.7 Å². The molecule has 0 amide bonds. The third kappa shape index (κ3) is 8.51. The van der Waals surface area contributed by atoms with Crippen molar-refractivity contribution in [2.45, 2.75) is 72.1 Å². The van der Waals surface area contributed by atoms with Gasteiger partial charge in [-0.05, 0) is 90.8 Å². The summed E-state index contributed by atoms with van der Waals surface area (Å²) in [6.07, 6.45) is 4.08. The Kier molecular flexibility index (Phi) is 10.7. The summed E-state index contributed by atoms with van der Waals surface area (Å²) in [6.45, 7) is 10.9. The Morgan fingerprint density at radius 3 is 2.12 bits per heavy atom. The van der Waals surface area contributed by atoms with Crippen LogP contribution in [0.25, 0.3) is 11.1 Å². The van der Waals surface area contributed by atoms with Gasteiger partial charge in [0.25, 0.3) is 0 Å². The predicted octanol–water partition coefficient (Wildman–Crippen LogP) is 8.15. The van der Waals surface area contributed by atoms with Crippen molar-refractivity contribution in [3.8, 4) is 11.1 Å². The Labute approximate surface area is 245 Å². The van der Waals surface area contributed by atoms with E-state index in [2.05, 4.69) is 110 Å². The van der Waals surface area contributed by atoms with E-state index in [1.807, 2.05) is 23.1 Å². The van der Waals surface area contributed by atoms with E-state index in [1.54, 1.807) is 6.20 Å². The minimum atomic E-state index is -0.841. The highest BCUT2D eigenvalue weighted by molar-refractivity contribution is 5.69. The molecule has 5 heteroatoms. The van der Waals surface area contributed by atoms with Crippen LogP contribution in [0.15, 0.2) is 97.2 Å². The fraction of sp³-hybridized carbons (Fsp3) is 0.333. The highest BCUT2D eigenvalue weighted by atomic mass is 16.4. The molecule has 1 aromatic heterocycles. The second kappa shape index (κ2) is 14.6. The number of hydrogen-bond acceptors (Lipinski definition) is 4. The third-order valence-electron chi connectivity index (χ3n) is 7.75.